The van der Waals surface area contributed by atoms with Crippen LogP contribution in [-0.2, 0) is 4.79 Å². The maximum absolute atomic E-state index is 12.0. The summed E-state index contributed by atoms with van der Waals surface area (Å²) in [5.74, 6) is -1.12. The van der Waals surface area contributed by atoms with Gasteiger partial charge in [-0.3, -0.25) is 4.79 Å². The summed E-state index contributed by atoms with van der Waals surface area (Å²) in [6.07, 6.45) is 3.72. The Labute approximate surface area is 113 Å². The number of hydrogen-bond donors (Lipinski definition) is 3. The van der Waals surface area contributed by atoms with E-state index >= 15 is 0 Å². The van der Waals surface area contributed by atoms with Crippen LogP contribution >= 0.6 is 0 Å². The Hall–Kier alpha value is -1.30. The maximum Gasteiger partial charge on any atom is 0.317 e. The predicted molar refractivity (Wildman–Crippen MR) is 70.9 cm³/mol. The second kappa shape index (κ2) is 7.99. The Morgan fingerprint density at radius 1 is 1.32 bits per heavy atom. The fraction of sp³-hybridized carbons (Fsp3) is 0.846. The lowest BCUT2D eigenvalue weighted by molar-refractivity contribution is -0.141. The molecule has 0 bridgehead atoms. The molecule has 0 radical (unpaired) electrons. The molecule has 2 atom stereocenters. The zero-order chi connectivity index (χ0) is 14.3. The monoisotopic (exact) mass is 272 g/mol. The molecule has 0 aliphatic heterocycles. The SMILES string of the molecule is CCCCN(CCO)C(=O)NC1CCC(C(=O)O)C1. The van der Waals surface area contributed by atoms with E-state index in [2.05, 4.69) is 5.32 Å². The van der Waals surface area contributed by atoms with Crippen LogP contribution in [0.25, 0.3) is 0 Å². The first-order chi connectivity index (χ1) is 9.08. The van der Waals surface area contributed by atoms with Gasteiger partial charge in [0.05, 0.1) is 12.5 Å². The molecule has 2 unspecified atom stereocenters. The van der Waals surface area contributed by atoms with E-state index in [0.717, 1.165) is 12.8 Å². The molecule has 6 nitrogen and oxygen atoms in total. The third-order valence-electron chi connectivity index (χ3n) is 3.55. The summed E-state index contributed by atoms with van der Waals surface area (Å²) in [7, 11) is 0. The van der Waals surface area contributed by atoms with Gasteiger partial charge in [0.25, 0.3) is 0 Å². The van der Waals surface area contributed by atoms with Gasteiger partial charge in [0.1, 0.15) is 0 Å². The van der Waals surface area contributed by atoms with Crippen LogP contribution in [0.5, 0.6) is 0 Å². The van der Waals surface area contributed by atoms with Crippen LogP contribution in [0, 0.1) is 5.92 Å². The molecule has 3 N–H and O–H groups in total. The van der Waals surface area contributed by atoms with Crippen molar-refractivity contribution in [3.8, 4) is 0 Å². The standard InChI is InChI=1S/C13H24N2O4/c1-2-3-6-15(7-8-16)13(19)14-11-5-4-10(9-11)12(17)18/h10-11,16H,2-9H2,1H3,(H,14,19)(H,17,18). The molecule has 1 aliphatic rings. The lowest BCUT2D eigenvalue weighted by Crippen LogP contribution is -2.45. The molecule has 1 rings (SSSR count). The summed E-state index contributed by atoms with van der Waals surface area (Å²) in [5, 5.41) is 20.7. The van der Waals surface area contributed by atoms with Gasteiger partial charge in [-0.1, -0.05) is 13.3 Å². The summed E-state index contributed by atoms with van der Waals surface area (Å²) in [5.41, 5.74) is 0. The van der Waals surface area contributed by atoms with Crippen LogP contribution < -0.4 is 5.32 Å². The number of carbonyl (C=O) groups is 2. The molecule has 2 amide bonds. The number of nitrogens with one attached hydrogen (secondary N) is 1. The van der Waals surface area contributed by atoms with Gasteiger partial charge in [-0.2, -0.15) is 0 Å². The molecule has 0 heterocycles. The van der Waals surface area contributed by atoms with Gasteiger partial charge in [-0.15, -0.1) is 0 Å². The topological polar surface area (TPSA) is 89.9 Å². The average molecular weight is 272 g/mol. The smallest absolute Gasteiger partial charge is 0.317 e. The number of nitrogens with zero attached hydrogens (tertiary/aromatic N) is 1. The van der Waals surface area contributed by atoms with Gasteiger partial charge in [-0.05, 0) is 25.7 Å². The average Bonchev–Trinajstić information content (AvgIpc) is 2.83. The summed E-state index contributed by atoms with van der Waals surface area (Å²) in [6.45, 7) is 2.93. The van der Waals surface area contributed by atoms with E-state index in [4.69, 9.17) is 10.2 Å². The number of urea groups is 1. The Bertz CT molecular complexity index is 309. The van der Waals surface area contributed by atoms with Gasteiger partial charge in [-0.25, -0.2) is 4.79 Å². The second-order valence-electron chi connectivity index (χ2n) is 5.06. The van der Waals surface area contributed by atoms with Crippen molar-refractivity contribution < 1.29 is 19.8 Å². The first-order valence-corrected chi connectivity index (χ1v) is 6.97. The lowest BCUT2D eigenvalue weighted by Gasteiger charge is -2.24. The first kappa shape index (κ1) is 15.8. The molecule has 1 fully saturated rings. The molecule has 6 heteroatoms. The molecule has 1 saturated carbocycles. The van der Waals surface area contributed by atoms with E-state index in [1.54, 1.807) is 4.90 Å². The number of carboxylic acid groups (broad SMARTS) is 1. The minimum Gasteiger partial charge on any atom is -0.481 e. The van der Waals surface area contributed by atoms with Crippen LogP contribution in [0.3, 0.4) is 0 Å². The number of rotatable bonds is 7. The summed E-state index contributed by atoms with van der Waals surface area (Å²) in [6, 6.07) is -0.255. The number of carbonyl (C=O) groups excluding carboxylic acids is 1. The lowest BCUT2D eigenvalue weighted by atomic mass is 10.1. The molecule has 0 spiro atoms. The Morgan fingerprint density at radius 2 is 2.05 bits per heavy atom. The normalized spacial score (nSPS) is 22.2. The zero-order valence-corrected chi connectivity index (χ0v) is 11.5. The van der Waals surface area contributed by atoms with E-state index in [1.165, 1.54) is 0 Å². The van der Waals surface area contributed by atoms with Crippen molar-refractivity contribution in [3.05, 3.63) is 0 Å². The zero-order valence-electron chi connectivity index (χ0n) is 11.5. The van der Waals surface area contributed by atoms with Gasteiger partial charge in [0.2, 0.25) is 0 Å². The predicted octanol–water partition coefficient (Wildman–Crippen LogP) is 1.04. The van der Waals surface area contributed by atoms with Gasteiger partial charge in [0.15, 0.2) is 0 Å². The number of unbranched alkanes of at least 4 members (excludes halogenated alkanes) is 1. The van der Waals surface area contributed by atoms with E-state index in [-0.39, 0.29) is 24.6 Å². The second-order valence-corrected chi connectivity index (χ2v) is 5.06. The van der Waals surface area contributed by atoms with Crippen LogP contribution in [0.4, 0.5) is 4.79 Å². The Balaban J connectivity index is 2.41. The highest BCUT2D eigenvalue weighted by molar-refractivity contribution is 5.75. The van der Waals surface area contributed by atoms with Crippen molar-refractivity contribution in [2.24, 2.45) is 5.92 Å². The highest BCUT2D eigenvalue weighted by Gasteiger charge is 2.31. The van der Waals surface area contributed by atoms with Crippen molar-refractivity contribution in [2.75, 3.05) is 19.7 Å². The molecule has 1 aliphatic carbocycles. The largest absolute Gasteiger partial charge is 0.481 e. The maximum atomic E-state index is 12.0. The molecule has 0 aromatic rings. The van der Waals surface area contributed by atoms with E-state index in [0.29, 0.717) is 32.4 Å². The fourth-order valence-electron chi connectivity index (χ4n) is 2.39. The van der Waals surface area contributed by atoms with Crippen molar-refractivity contribution in [1.82, 2.24) is 10.2 Å². The number of hydrogen-bond acceptors (Lipinski definition) is 3. The third kappa shape index (κ3) is 5.06. The highest BCUT2D eigenvalue weighted by Crippen LogP contribution is 2.25. The molecule has 19 heavy (non-hydrogen) atoms. The van der Waals surface area contributed by atoms with Gasteiger partial charge in [0, 0.05) is 19.1 Å². The van der Waals surface area contributed by atoms with Gasteiger partial charge >= 0.3 is 12.0 Å². The summed E-state index contributed by atoms with van der Waals surface area (Å²) >= 11 is 0. The summed E-state index contributed by atoms with van der Waals surface area (Å²) in [4.78, 5) is 24.5. The molecular weight excluding hydrogens is 248 g/mol. The molecule has 0 aromatic carbocycles. The van der Waals surface area contributed by atoms with Crippen LogP contribution in [0.1, 0.15) is 39.0 Å². The van der Waals surface area contributed by atoms with E-state index in [9.17, 15) is 9.59 Å². The fourth-order valence-corrected chi connectivity index (χ4v) is 2.39. The van der Waals surface area contributed by atoms with E-state index in [1.807, 2.05) is 6.92 Å². The number of aliphatic hydroxyl groups excluding tert-OH is 1. The van der Waals surface area contributed by atoms with Crippen LogP contribution in [0.2, 0.25) is 0 Å². The first-order valence-electron chi connectivity index (χ1n) is 6.97. The molecular formula is C13H24N2O4. The number of carboxylic acids is 1. The molecule has 0 aromatic heterocycles. The molecule has 110 valence electrons. The highest BCUT2D eigenvalue weighted by atomic mass is 16.4. The Morgan fingerprint density at radius 3 is 2.58 bits per heavy atom. The summed E-state index contributed by atoms with van der Waals surface area (Å²) < 4.78 is 0. The minimum absolute atomic E-state index is 0.0560. The minimum atomic E-state index is -0.782. The van der Waals surface area contributed by atoms with Crippen molar-refractivity contribution in [2.45, 2.75) is 45.1 Å². The van der Waals surface area contributed by atoms with Gasteiger partial charge < -0.3 is 20.4 Å². The van der Waals surface area contributed by atoms with Crippen molar-refractivity contribution in [3.63, 3.8) is 0 Å². The van der Waals surface area contributed by atoms with Crippen LogP contribution in [0.15, 0.2) is 0 Å². The molecule has 0 saturated heterocycles. The van der Waals surface area contributed by atoms with Crippen LogP contribution in [-0.4, -0.2) is 52.9 Å². The Kier molecular flexibility index (Phi) is 6.62. The third-order valence-corrected chi connectivity index (χ3v) is 3.55. The number of aliphatic hydroxyl groups is 1. The van der Waals surface area contributed by atoms with E-state index < -0.39 is 5.97 Å². The number of aliphatic carboxylic acids is 1. The van der Waals surface area contributed by atoms with Crippen molar-refractivity contribution in [1.29, 1.82) is 0 Å². The quantitative estimate of drug-likeness (QED) is 0.646. The van der Waals surface area contributed by atoms with Crippen molar-refractivity contribution >= 4 is 12.0 Å². The number of amides is 2.